The Bertz CT molecular complexity index is 691. The Hall–Kier alpha value is -2.01. The first kappa shape index (κ1) is 14.4. The number of rotatable bonds is 3. The van der Waals surface area contributed by atoms with Gasteiger partial charge in [-0.1, -0.05) is 16.8 Å². The summed E-state index contributed by atoms with van der Waals surface area (Å²) in [7, 11) is 1.55. The number of methoxy groups -OCH3 is 1. The van der Waals surface area contributed by atoms with Gasteiger partial charge in [0.1, 0.15) is 5.75 Å². The summed E-state index contributed by atoms with van der Waals surface area (Å²) >= 11 is 6.30. The first-order valence-electron chi connectivity index (χ1n) is 5.92. The molecule has 0 amide bonds. The lowest BCUT2D eigenvalue weighted by molar-refractivity contribution is 0.0686. The van der Waals surface area contributed by atoms with Crippen LogP contribution in [0.3, 0.4) is 0 Å². The van der Waals surface area contributed by atoms with Crippen LogP contribution in [0, 0.1) is 20.8 Å². The monoisotopic (exact) mass is 295 g/mol. The lowest BCUT2D eigenvalue weighted by Crippen LogP contribution is -1.98. The molecule has 106 valence electrons. The van der Waals surface area contributed by atoms with E-state index in [0.29, 0.717) is 22.1 Å². The first-order chi connectivity index (χ1) is 9.38. The van der Waals surface area contributed by atoms with Gasteiger partial charge in [-0.15, -0.1) is 0 Å². The third-order valence-electron chi connectivity index (χ3n) is 3.34. The molecule has 0 aliphatic heterocycles. The Balaban J connectivity index is 2.75. The van der Waals surface area contributed by atoms with E-state index >= 15 is 0 Å². The van der Waals surface area contributed by atoms with Crippen molar-refractivity contribution in [1.29, 1.82) is 0 Å². The van der Waals surface area contributed by atoms with Crippen molar-refractivity contribution in [3.05, 3.63) is 33.5 Å². The molecule has 0 aliphatic carbocycles. The van der Waals surface area contributed by atoms with Crippen molar-refractivity contribution in [2.75, 3.05) is 7.11 Å². The molecule has 0 saturated heterocycles. The van der Waals surface area contributed by atoms with Crippen molar-refractivity contribution in [3.8, 4) is 17.1 Å². The summed E-state index contributed by atoms with van der Waals surface area (Å²) in [5.41, 5.74) is 3.03. The average molecular weight is 296 g/mol. The molecule has 0 unspecified atom stereocenters. The second-order valence-corrected chi connectivity index (χ2v) is 4.86. The van der Waals surface area contributed by atoms with Crippen molar-refractivity contribution in [2.24, 2.45) is 0 Å². The van der Waals surface area contributed by atoms with Crippen LogP contribution in [0.5, 0.6) is 5.75 Å². The van der Waals surface area contributed by atoms with E-state index in [0.717, 1.165) is 16.7 Å². The summed E-state index contributed by atoms with van der Waals surface area (Å²) in [6.45, 7) is 5.62. The zero-order valence-electron chi connectivity index (χ0n) is 11.6. The van der Waals surface area contributed by atoms with Gasteiger partial charge in [0.25, 0.3) is 0 Å². The predicted octanol–water partition coefficient (Wildman–Crippen LogP) is 3.63. The fourth-order valence-electron chi connectivity index (χ4n) is 2.13. The zero-order chi connectivity index (χ0) is 15.0. The van der Waals surface area contributed by atoms with Crippen LogP contribution in [-0.4, -0.2) is 23.3 Å². The zero-order valence-corrected chi connectivity index (χ0v) is 12.3. The van der Waals surface area contributed by atoms with Crippen LogP contribution in [0.4, 0.5) is 0 Å². The highest BCUT2D eigenvalue weighted by Crippen LogP contribution is 2.42. The van der Waals surface area contributed by atoms with Gasteiger partial charge in [-0.3, -0.25) is 0 Å². The molecule has 6 heteroatoms. The minimum Gasteiger partial charge on any atom is -0.496 e. The number of aromatic carboxylic acids is 1. The Morgan fingerprint density at radius 3 is 2.45 bits per heavy atom. The molecule has 2 aromatic rings. The maximum atomic E-state index is 10.9. The van der Waals surface area contributed by atoms with Crippen molar-refractivity contribution >= 4 is 17.6 Å². The molecule has 5 nitrogen and oxygen atoms in total. The maximum absolute atomic E-state index is 10.9. The van der Waals surface area contributed by atoms with Crippen LogP contribution in [-0.2, 0) is 0 Å². The number of ether oxygens (including phenoxy) is 1. The molecule has 0 radical (unpaired) electrons. The summed E-state index contributed by atoms with van der Waals surface area (Å²) in [5, 5.41) is 13.0. The second kappa shape index (κ2) is 5.17. The summed E-state index contributed by atoms with van der Waals surface area (Å²) in [4.78, 5) is 10.9. The second-order valence-electron chi connectivity index (χ2n) is 4.48. The maximum Gasteiger partial charge on any atom is 0.358 e. The molecule has 1 heterocycles. The number of halogens is 1. The topological polar surface area (TPSA) is 72.6 Å². The third-order valence-corrected chi connectivity index (χ3v) is 3.91. The van der Waals surface area contributed by atoms with Crippen LogP contribution >= 0.6 is 11.6 Å². The van der Waals surface area contributed by atoms with Gasteiger partial charge in [0.2, 0.25) is 0 Å². The van der Waals surface area contributed by atoms with E-state index in [4.69, 9.17) is 26.0 Å². The van der Waals surface area contributed by atoms with Crippen LogP contribution in [0.1, 0.15) is 27.2 Å². The molecule has 0 saturated carbocycles. The first-order valence-corrected chi connectivity index (χ1v) is 6.29. The highest BCUT2D eigenvalue weighted by Gasteiger charge is 2.22. The van der Waals surface area contributed by atoms with Crippen LogP contribution in [0.2, 0.25) is 5.02 Å². The Kier molecular flexibility index (Phi) is 3.72. The molecular weight excluding hydrogens is 282 g/mol. The third kappa shape index (κ3) is 2.14. The normalized spacial score (nSPS) is 10.7. The van der Waals surface area contributed by atoms with E-state index in [1.54, 1.807) is 7.11 Å². The number of hydrogen-bond acceptors (Lipinski definition) is 4. The summed E-state index contributed by atoms with van der Waals surface area (Å²) in [6, 6.07) is 1.36. The van der Waals surface area contributed by atoms with E-state index in [-0.39, 0.29) is 5.69 Å². The Morgan fingerprint density at radius 2 is 1.95 bits per heavy atom. The van der Waals surface area contributed by atoms with E-state index in [1.165, 1.54) is 6.07 Å². The van der Waals surface area contributed by atoms with Crippen LogP contribution < -0.4 is 4.74 Å². The van der Waals surface area contributed by atoms with Gasteiger partial charge in [0, 0.05) is 11.1 Å². The molecule has 0 aliphatic rings. The minimum atomic E-state index is -1.15. The Labute approximate surface area is 121 Å². The highest BCUT2D eigenvalue weighted by atomic mass is 35.5. The van der Waals surface area contributed by atoms with Crippen molar-refractivity contribution < 1.29 is 19.2 Å². The Morgan fingerprint density at radius 1 is 1.30 bits per heavy atom. The summed E-state index contributed by atoms with van der Waals surface area (Å²) in [5.74, 6) is -0.217. The molecule has 0 spiro atoms. The molecular formula is C14H14ClNO4. The molecule has 0 bridgehead atoms. The molecule has 2 rings (SSSR count). The molecule has 0 fully saturated rings. The van der Waals surface area contributed by atoms with E-state index < -0.39 is 5.97 Å². The standard InChI is InChI=1S/C14H14ClNO4/c1-6-7(2)13(19-4)11(8(3)12(6)15)10-5-9(14(17)18)16-20-10/h5H,1-4H3,(H,17,18). The number of carboxylic acids is 1. The van der Waals surface area contributed by atoms with Gasteiger partial charge in [0.05, 0.1) is 12.7 Å². The van der Waals surface area contributed by atoms with Gasteiger partial charge in [-0.25, -0.2) is 4.79 Å². The number of hydrogen-bond donors (Lipinski definition) is 1. The average Bonchev–Trinajstić information content (AvgIpc) is 2.89. The van der Waals surface area contributed by atoms with E-state index in [1.807, 2.05) is 20.8 Å². The van der Waals surface area contributed by atoms with Crippen LogP contribution in [0.15, 0.2) is 10.6 Å². The molecule has 1 aromatic heterocycles. The quantitative estimate of drug-likeness (QED) is 0.936. The van der Waals surface area contributed by atoms with Crippen molar-refractivity contribution in [2.45, 2.75) is 20.8 Å². The van der Waals surface area contributed by atoms with Gasteiger partial charge in [-0.05, 0) is 37.5 Å². The number of nitrogens with zero attached hydrogens (tertiary/aromatic N) is 1. The smallest absolute Gasteiger partial charge is 0.358 e. The van der Waals surface area contributed by atoms with Gasteiger partial charge < -0.3 is 14.4 Å². The van der Waals surface area contributed by atoms with Crippen LogP contribution in [0.25, 0.3) is 11.3 Å². The van der Waals surface area contributed by atoms with Gasteiger partial charge in [0.15, 0.2) is 11.5 Å². The predicted molar refractivity (Wildman–Crippen MR) is 74.7 cm³/mol. The lowest BCUT2D eigenvalue weighted by atomic mass is 9.97. The fraction of sp³-hybridized carbons (Fsp3) is 0.286. The SMILES string of the molecule is COc1c(C)c(C)c(Cl)c(C)c1-c1cc(C(=O)O)no1. The van der Waals surface area contributed by atoms with E-state index in [9.17, 15) is 4.79 Å². The number of carboxylic acid groups (broad SMARTS) is 1. The molecule has 1 aromatic carbocycles. The van der Waals surface area contributed by atoms with E-state index in [2.05, 4.69) is 5.16 Å². The minimum absolute atomic E-state index is 0.157. The lowest BCUT2D eigenvalue weighted by Gasteiger charge is -2.16. The summed E-state index contributed by atoms with van der Waals surface area (Å²) in [6.07, 6.45) is 0. The van der Waals surface area contributed by atoms with Crippen molar-refractivity contribution in [3.63, 3.8) is 0 Å². The number of benzene rings is 1. The molecule has 0 atom stereocenters. The summed E-state index contributed by atoms with van der Waals surface area (Å²) < 4.78 is 10.5. The van der Waals surface area contributed by atoms with Gasteiger partial charge in [-0.2, -0.15) is 0 Å². The fourth-order valence-corrected chi connectivity index (χ4v) is 2.37. The van der Waals surface area contributed by atoms with Gasteiger partial charge >= 0.3 is 5.97 Å². The number of carbonyl (C=O) groups is 1. The largest absolute Gasteiger partial charge is 0.496 e. The number of aromatic nitrogens is 1. The molecule has 1 N–H and O–H groups in total. The highest BCUT2D eigenvalue weighted by molar-refractivity contribution is 6.32. The van der Waals surface area contributed by atoms with Crippen molar-refractivity contribution in [1.82, 2.24) is 5.16 Å². The molecule has 20 heavy (non-hydrogen) atoms.